The molecule has 0 radical (unpaired) electrons. The number of carbonyl (C=O) groups is 1. The van der Waals surface area contributed by atoms with E-state index >= 15 is 0 Å². The zero-order chi connectivity index (χ0) is 21.7. The Morgan fingerprint density at radius 3 is 2.40 bits per heavy atom. The molecule has 0 aliphatic carbocycles. The van der Waals surface area contributed by atoms with Gasteiger partial charge in [0.05, 0.1) is 4.90 Å². The Balaban J connectivity index is 1.78. The summed E-state index contributed by atoms with van der Waals surface area (Å²) < 4.78 is 22.7. The second-order valence-corrected chi connectivity index (χ2v) is 8.95. The van der Waals surface area contributed by atoms with Gasteiger partial charge in [-0.25, -0.2) is 18.5 Å². The van der Waals surface area contributed by atoms with Crippen LogP contribution in [0.15, 0.2) is 75.5 Å². The van der Waals surface area contributed by atoms with E-state index in [-0.39, 0.29) is 28.3 Å². The van der Waals surface area contributed by atoms with Crippen LogP contribution >= 0.6 is 11.8 Å². The zero-order valence-corrected chi connectivity index (χ0v) is 17.2. The molecule has 3 aromatic rings. The maximum Gasteiger partial charge on any atom is 0.253 e. The molecule has 1 aromatic heterocycles. The Kier molecular flexibility index (Phi) is 6.55. The van der Waals surface area contributed by atoms with Crippen molar-refractivity contribution in [3.8, 4) is 0 Å². The topological polar surface area (TPSA) is 161 Å². The van der Waals surface area contributed by atoms with Crippen molar-refractivity contribution >= 4 is 33.5 Å². The third kappa shape index (κ3) is 5.69. The van der Waals surface area contributed by atoms with Gasteiger partial charge in [-0.05, 0) is 23.3 Å². The SMILES string of the molecule is Nc1cc(=O)[nH]c(S[C@@H](C(=O)NCc2ccc(S(N)(=O)=O)cc2)c2ccccc2)n1. The Morgan fingerprint density at radius 2 is 1.80 bits per heavy atom. The minimum Gasteiger partial charge on any atom is -0.383 e. The van der Waals surface area contributed by atoms with Gasteiger partial charge >= 0.3 is 0 Å². The van der Waals surface area contributed by atoms with Crippen LogP contribution in [0.3, 0.4) is 0 Å². The van der Waals surface area contributed by atoms with Crippen LogP contribution in [0.2, 0.25) is 0 Å². The predicted octanol–water partition coefficient (Wildman–Crippen LogP) is 1.15. The molecule has 0 saturated carbocycles. The highest BCUT2D eigenvalue weighted by atomic mass is 32.2. The first kappa shape index (κ1) is 21.6. The predicted molar refractivity (Wildman–Crippen MR) is 114 cm³/mol. The van der Waals surface area contributed by atoms with Gasteiger partial charge in [0.2, 0.25) is 15.9 Å². The van der Waals surface area contributed by atoms with Gasteiger partial charge < -0.3 is 16.0 Å². The highest BCUT2D eigenvalue weighted by molar-refractivity contribution is 8.00. The van der Waals surface area contributed by atoms with Crippen molar-refractivity contribution in [2.45, 2.75) is 21.8 Å². The first-order valence-corrected chi connectivity index (χ1v) is 11.1. The van der Waals surface area contributed by atoms with E-state index in [0.29, 0.717) is 5.56 Å². The molecule has 0 aliphatic rings. The summed E-state index contributed by atoms with van der Waals surface area (Å²) in [7, 11) is -3.78. The lowest BCUT2D eigenvalue weighted by Gasteiger charge is -2.16. The molecule has 0 saturated heterocycles. The molecule has 3 rings (SSSR count). The van der Waals surface area contributed by atoms with Gasteiger partial charge in [0, 0.05) is 12.6 Å². The molecule has 0 aliphatic heterocycles. The van der Waals surface area contributed by atoms with Crippen molar-refractivity contribution in [2.75, 3.05) is 5.73 Å². The Bertz CT molecular complexity index is 1200. The second-order valence-electron chi connectivity index (χ2n) is 6.29. The number of nitrogens with two attached hydrogens (primary N) is 2. The number of thioether (sulfide) groups is 1. The van der Waals surface area contributed by atoms with Gasteiger partial charge in [-0.1, -0.05) is 54.2 Å². The summed E-state index contributed by atoms with van der Waals surface area (Å²) in [5.41, 5.74) is 6.64. The molecule has 1 atom stereocenters. The third-order valence-corrected chi connectivity index (χ3v) is 6.10. The second kappa shape index (κ2) is 9.11. The zero-order valence-electron chi connectivity index (χ0n) is 15.6. The fourth-order valence-corrected chi connectivity index (χ4v) is 4.14. The molecule has 2 aromatic carbocycles. The van der Waals surface area contributed by atoms with Gasteiger partial charge in [-0.2, -0.15) is 0 Å². The molecule has 1 heterocycles. The number of rotatable bonds is 7. The Morgan fingerprint density at radius 1 is 1.13 bits per heavy atom. The van der Waals surface area contributed by atoms with E-state index in [1.165, 1.54) is 12.1 Å². The van der Waals surface area contributed by atoms with Crippen molar-refractivity contribution in [2.24, 2.45) is 5.14 Å². The molecule has 1 amide bonds. The van der Waals surface area contributed by atoms with Crippen LogP contribution in [0.25, 0.3) is 0 Å². The molecule has 0 unspecified atom stereocenters. The molecule has 6 N–H and O–H groups in total. The lowest BCUT2D eigenvalue weighted by molar-refractivity contribution is -0.120. The van der Waals surface area contributed by atoms with E-state index in [1.54, 1.807) is 36.4 Å². The van der Waals surface area contributed by atoms with Crippen LogP contribution in [0.4, 0.5) is 5.82 Å². The summed E-state index contributed by atoms with van der Waals surface area (Å²) in [5, 5.41) is 7.43. The minimum atomic E-state index is -3.78. The number of nitrogens with one attached hydrogen (secondary N) is 2. The average molecular weight is 446 g/mol. The summed E-state index contributed by atoms with van der Waals surface area (Å²) in [4.78, 5) is 31.2. The van der Waals surface area contributed by atoms with Crippen LogP contribution < -0.4 is 21.7 Å². The standard InChI is InChI=1S/C19H19N5O4S2/c20-15-10-16(25)24-19(23-15)29-17(13-4-2-1-3-5-13)18(26)22-11-12-6-8-14(9-7-12)30(21,27)28/h1-10,17H,11H2,(H,22,26)(H2,21,27,28)(H3,20,23,24,25)/t17-/m1/s1. The van der Waals surface area contributed by atoms with Crippen LogP contribution in [0, 0.1) is 0 Å². The molecular formula is C19H19N5O4S2. The number of sulfonamides is 1. The van der Waals surface area contributed by atoms with Gasteiger partial charge in [0.25, 0.3) is 5.56 Å². The summed E-state index contributed by atoms with van der Waals surface area (Å²) in [6.45, 7) is 0.175. The minimum absolute atomic E-state index is 0.00742. The van der Waals surface area contributed by atoms with Crippen molar-refractivity contribution < 1.29 is 13.2 Å². The van der Waals surface area contributed by atoms with Gasteiger partial charge in [-0.3, -0.25) is 9.59 Å². The largest absolute Gasteiger partial charge is 0.383 e. The number of benzene rings is 2. The molecule has 9 nitrogen and oxygen atoms in total. The molecular weight excluding hydrogens is 426 g/mol. The van der Waals surface area contributed by atoms with Gasteiger partial charge in [0.1, 0.15) is 11.1 Å². The number of aromatic amines is 1. The number of H-pyrrole nitrogens is 1. The average Bonchev–Trinajstić information content (AvgIpc) is 2.70. The normalized spacial score (nSPS) is 12.3. The van der Waals surface area contributed by atoms with E-state index in [9.17, 15) is 18.0 Å². The quantitative estimate of drug-likeness (QED) is 0.313. The molecule has 0 fully saturated rings. The summed E-state index contributed by atoms with van der Waals surface area (Å²) in [5.74, 6) is -0.254. The third-order valence-electron chi connectivity index (χ3n) is 4.03. The highest BCUT2D eigenvalue weighted by Gasteiger charge is 2.23. The first-order chi connectivity index (χ1) is 14.2. The number of aromatic nitrogens is 2. The number of hydrogen-bond acceptors (Lipinski definition) is 7. The number of primary sulfonamides is 1. The number of carbonyl (C=O) groups excluding carboxylic acids is 1. The monoisotopic (exact) mass is 445 g/mol. The smallest absolute Gasteiger partial charge is 0.253 e. The van der Waals surface area contributed by atoms with E-state index in [4.69, 9.17) is 10.9 Å². The fraction of sp³-hybridized carbons (Fsp3) is 0.105. The molecule has 11 heteroatoms. The number of hydrogen-bond donors (Lipinski definition) is 4. The molecule has 0 bridgehead atoms. The maximum absolute atomic E-state index is 12.9. The summed E-state index contributed by atoms with van der Waals surface area (Å²) in [6.07, 6.45) is 0. The lowest BCUT2D eigenvalue weighted by atomic mass is 10.1. The van der Waals surface area contributed by atoms with Crippen LogP contribution in [0.5, 0.6) is 0 Å². The number of nitrogens with zero attached hydrogens (tertiary/aromatic N) is 1. The van der Waals surface area contributed by atoms with Crippen LogP contribution in [0.1, 0.15) is 16.4 Å². The Hall–Kier alpha value is -3.15. The summed E-state index contributed by atoms with van der Waals surface area (Å²) in [6, 6.07) is 16.1. The summed E-state index contributed by atoms with van der Waals surface area (Å²) >= 11 is 1.06. The Labute approximate surface area is 177 Å². The van der Waals surface area contributed by atoms with Crippen LogP contribution in [-0.4, -0.2) is 24.3 Å². The van der Waals surface area contributed by atoms with Crippen LogP contribution in [-0.2, 0) is 21.4 Å². The van der Waals surface area contributed by atoms with E-state index < -0.39 is 20.8 Å². The van der Waals surface area contributed by atoms with Crippen molar-refractivity contribution in [3.63, 3.8) is 0 Å². The molecule has 156 valence electrons. The number of amides is 1. The van der Waals surface area contributed by atoms with Gasteiger partial charge in [-0.15, -0.1) is 0 Å². The first-order valence-electron chi connectivity index (χ1n) is 8.70. The highest BCUT2D eigenvalue weighted by Crippen LogP contribution is 2.33. The van der Waals surface area contributed by atoms with Crippen molar-refractivity contribution in [1.82, 2.24) is 15.3 Å². The van der Waals surface area contributed by atoms with Gasteiger partial charge in [0.15, 0.2) is 5.16 Å². The van der Waals surface area contributed by atoms with E-state index in [0.717, 1.165) is 23.4 Å². The number of anilines is 1. The number of nitrogen functional groups attached to an aromatic ring is 1. The maximum atomic E-state index is 12.9. The fourth-order valence-electron chi connectivity index (χ4n) is 2.60. The van der Waals surface area contributed by atoms with Crippen molar-refractivity contribution in [3.05, 3.63) is 82.1 Å². The molecule has 0 spiro atoms. The molecule has 30 heavy (non-hydrogen) atoms. The van der Waals surface area contributed by atoms with E-state index in [1.807, 2.05) is 6.07 Å². The van der Waals surface area contributed by atoms with E-state index in [2.05, 4.69) is 15.3 Å². The lowest BCUT2D eigenvalue weighted by Crippen LogP contribution is -2.28. The van der Waals surface area contributed by atoms with Crippen molar-refractivity contribution in [1.29, 1.82) is 0 Å².